The van der Waals surface area contributed by atoms with Gasteiger partial charge in [-0.25, -0.2) is 9.48 Å². The summed E-state index contributed by atoms with van der Waals surface area (Å²) in [5.41, 5.74) is 1.99. The number of nitrogens with one attached hydrogen (secondary N) is 1. The van der Waals surface area contributed by atoms with Crippen LogP contribution in [0.15, 0.2) is 41.7 Å². The van der Waals surface area contributed by atoms with E-state index in [0.29, 0.717) is 34.3 Å². The average molecular weight is 435 g/mol. The SMILES string of the molecule is COC(=O)[C@@H]1CCCN1C(=O)C1=C(C)Nc2ccnn2C1c1ccc(Cl)c(Cl)c1. The molecule has 4 rings (SSSR count). The summed E-state index contributed by atoms with van der Waals surface area (Å²) in [6, 6.07) is 6.03. The van der Waals surface area contributed by atoms with Crippen LogP contribution in [0.4, 0.5) is 5.82 Å². The van der Waals surface area contributed by atoms with Crippen LogP contribution >= 0.6 is 23.2 Å². The Kier molecular flexibility index (Phi) is 5.27. The number of fused-ring (bicyclic) bond motifs is 1. The number of allylic oxidation sites excluding steroid dienone is 1. The topological polar surface area (TPSA) is 76.5 Å². The fraction of sp³-hybridized carbons (Fsp3) is 0.350. The second kappa shape index (κ2) is 7.72. The van der Waals surface area contributed by atoms with E-state index < -0.39 is 18.1 Å². The van der Waals surface area contributed by atoms with Gasteiger partial charge in [0.25, 0.3) is 5.91 Å². The number of likely N-dealkylation sites (tertiary alicyclic amines) is 1. The summed E-state index contributed by atoms with van der Waals surface area (Å²) >= 11 is 12.4. The first-order valence-electron chi connectivity index (χ1n) is 9.27. The van der Waals surface area contributed by atoms with Crippen molar-refractivity contribution in [2.75, 3.05) is 19.0 Å². The van der Waals surface area contributed by atoms with Gasteiger partial charge >= 0.3 is 5.97 Å². The molecule has 2 aliphatic heterocycles. The average Bonchev–Trinajstić information content (AvgIpc) is 3.37. The van der Waals surface area contributed by atoms with Crippen LogP contribution in [0.5, 0.6) is 0 Å². The Morgan fingerprint density at radius 2 is 2.03 bits per heavy atom. The smallest absolute Gasteiger partial charge is 0.328 e. The van der Waals surface area contributed by atoms with Gasteiger partial charge in [0.05, 0.1) is 28.9 Å². The molecule has 0 spiro atoms. The van der Waals surface area contributed by atoms with E-state index in [-0.39, 0.29) is 5.91 Å². The minimum absolute atomic E-state index is 0.222. The molecule has 2 atom stereocenters. The minimum atomic E-state index is -0.582. The first kappa shape index (κ1) is 19.8. The Hall–Kier alpha value is -2.51. The van der Waals surface area contributed by atoms with E-state index in [0.717, 1.165) is 17.8 Å². The lowest BCUT2D eigenvalue weighted by Gasteiger charge is -2.33. The Labute approximate surface area is 178 Å². The number of halogens is 2. The van der Waals surface area contributed by atoms with Crippen LogP contribution in [0.1, 0.15) is 31.4 Å². The van der Waals surface area contributed by atoms with Gasteiger partial charge in [-0.3, -0.25) is 4.79 Å². The van der Waals surface area contributed by atoms with E-state index in [9.17, 15) is 9.59 Å². The lowest BCUT2D eigenvalue weighted by atomic mass is 9.94. The van der Waals surface area contributed by atoms with Crippen molar-refractivity contribution < 1.29 is 14.3 Å². The zero-order chi connectivity index (χ0) is 20.7. The normalized spacial score (nSPS) is 21.0. The van der Waals surface area contributed by atoms with E-state index in [1.165, 1.54) is 7.11 Å². The summed E-state index contributed by atoms with van der Waals surface area (Å²) in [7, 11) is 1.34. The number of carbonyl (C=O) groups excluding carboxylic acids is 2. The molecule has 0 bridgehead atoms. The van der Waals surface area contributed by atoms with Crippen LogP contribution < -0.4 is 5.32 Å². The van der Waals surface area contributed by atoms with Gasteiger partial charge < -0.3 is 15.0 Å². The molecule has 152 valence electrons. The second-order valence-electron chi connectivity index (χ2n) is 7.08. The molecule has 9 heteroatoms. The lowest BCUT2D eigenvalue weighted by Crippen LogP contribution is -2.44. The molecule has 0 saturated carbocycles. The Bertz CT molecular complexity index is 1020. The quantitative estimate of drug-likeness (QED) is 0.746. The van der Waals surface area contributed by atoms with E-state index >= 15 is 0 Å². The molecule has 1 N–H and O–H groups in total. The molecular weight excluding hydrogens is 415 g/mol. The molecule has 1 amide bonds. The van der Waals surface area contributed by atoms with Crippen molar-refractivity contribution in [3.8, 4) is 0 Å². The lowest BCUT2D eigenvalue weighted by molar-refractivity contribution is -0.149. The number of amides is 1. The van der Waals surface area contributed by atoms with Crippen LogP contribution in [0.2, 0.25) is 10.0 Å². The zero-order valence-electron chi connectivity index (χ0n) is 16.0. The third-order valence-corrected chi connectivity index (χ3v) is 6.12. The van der Waals surface area contributed by atoms with E-state index in [1.807, 2.05) is 19.1 Å². The van der Waals surface area contributed by atoms with Crippen LogP contribution in [-0.2, 0) is 14.3 Å². The fourth-order valence-corrected chi connectivity index (χ4v) is 4.33. The number of esters is 1. The van der Waals surface area contributed by atoms with Crippen molar-refractivity contribution >= 4 is 40.9 Å². The standard InChI is InChI=1S/C20H20Cl2N4O3/c1-11-17(19(27)25-9-3-4-15(25)20(28)29-2)18(26-16(24-11)7-8-23-26)12-5-6-13(21)14(22)10-12/h5-8,10,15,18,24H,3-4,9H2,1-2H3/t15-,18?/m0/s1. The van der Waals surface area contributed by atoms with E-state index in [2.05, 4.69) is 10.4 Å². The molecule has 2 aromatic rings. The Morgan fingerprint density at radius 3 is 2.76 bits per heavy atom. The number of hydrogen-bond acceptors (Lipinski definition) is 5. The minimum Gasteiger partial charge on any atom is -0.467 e. The molecule has 2 aliphatic rings. The highest BCUT2D eigenvalue weighted by molar-refractivity contribution is 6.42. The van der Waals surface area contributed by atoms with Gasteiger partial charge in [0.15, 0.2) is 0 Å². The van der Waals surface area contributed by atoms with Gasteiger partial charge in [0.1, 0.15) is 17.9 Å². The van der Waals surface area contributed by atoms with Crippen LogP contribution in [0.25, 0.3) is 0 Å². The molecule has 1 unspecified atom stereocenters. The molecule has 29 heavy (non-hydrogen) atoms. The van der Waals surface area contributed by atoms with Crippen molar-refractivity contribution in [3.63, 3.8) is 0 Å². The molecule has 7 nitrogen and oxygen atoms in total. The zero-order valence-corrected chi connectivity index (χ0v) is 17.5. The summed E-state index contributed by atoms with van der Waals surface area (Å²) in [5.74, 6) is 0.143. The number of nitrogens with zero attached hydrogens (tertiary/aromatic N) is 3. The maximum Gasteiger partial charge on any atom is 0.328 e. The van der Waals surface area contributed by atoms with Crippen molar-refractivity contribution in [1.29, 1.82) is 0 Å². The van der Waals surface area contributed by atoms with Gasteiger partial charge in [-0.05, 0) is 37.5 Å². The molecule has 0 radical (unpaired) electrons. The maximum absolute atomic E-state index is 13.6. The largest absolute Gasteiger partial charge is 0.467 e. The van der Waals surface area contributed by atoms with Gasteiger partial charge in [0.2, 0.25) is 0 Å². The first-order valence-corrected chi connectivity index (χ1v) is 10.0. The maximum atomic E-state index is 13.6. The fourth-order valence-electron chi connectivity index (χ4n) is 4.02. The third kappa shape index (κ3) is 3.38. The molecule has 1 saturated heterocycles. The second-order valence-corrected chi connectivity index (χ2v) is 7.89. The molecule has 0 aliphatic carbocycles. The van der Waals surface area contributed by atoms with Crippen LogP contribution in [0.3, 0.4) is 0 Å². The number of methoxy groups -OCH3 is 1. The molecule has 3 heterocycles. The Balaban J connectivity index is 1.80. The summed E-state index contributed by atoms with van der Waals surface area (Å²) in [5, 5.41) is 8.48. The number of anilines is 1. The number of carbonyl (C=O) groups is 2. The number of aromatic nitrogens is 2. The number of ether oxygens (including phenoxy) is 1. The van der Waals surface area contributed by atoms with Crippen LogP contribution in [-0.4, -0.2) is 46.3 Å². The number of rotatable bonds is 3. The molecule has 1 aromatic heterocycles. The predicted molar refractivity (Wildman–Crippen MR) is 110 cm³/mol. The van der Waals surface area contributed by atoms with Gasteiger partial charge in [0, 0.05) is 18.3 Å². The number of benzene rings is 1. The number of hydrogen-bond donors (Lipinski definition) is 1. The highest BCUT2D eigenvalue weighted by atomic mass is 35.5. The summed E-state index contributed by atoms with van der Waals surface area (Å²) in [6.07, 6.45) is 3.00. The highest BCUT2D eigenvalue weighted by Crippen LogP contribution is 2.39. The monoisotopic (exact) mass is 434 g/mol. The van der Waals surface area contributed by atoms with Crippen molar-refractivity contribution in [2.24, 2.45) is 0 Å². The van der Waals surface area contributed by atoms with Gasteiger partial charge in [-0.15, -0.1) is 0 Å². The van der Waals surface area contributed by atoms with Crippen molar-refractivity contribution in [1.82, 2.24) is 14.7 Å². The summed E-state index contributed by atoms with van der Waals surface area (Å²) in [6.45, 7) is 2.34. The third-order valence-electron chi connectivity index (χ3n) is 5.38. The van der Waals surface area contributed by atoms with E-state index in [4.69, 9.17) is 27.9 Å². The van der Waals surface area contributed by atoms with Gasteiger partial charge in [-0.1, -0.05) is 29.3 Å². The highest BCUT2D eigenvalue weighted by Gasteiger charge is 2.41. The van der Waals surface area contributed by atoms with Crippen molar-refractivity contribution in [3.05, 3.63) is 57.3 Å². The summed E-state index contributed by atoms with van der Waals surface area (Å²) < 4.78 is 6.64. The molecule has 1 aromatic carbocycles. The Morgan fingerprint density at radius 1 is 1.24 bits per heavy atom. The molecular formula is C20H20Cl2N4O3. The summed E-state index contributed by atoms with van der Waals surface area (Å²) in [4.78, 5) is 27.4. The van der Waals surface area contributed by atoms with Gasteiger partial charge in [-0.2, -0.15) is 5.10 Å². The molecule has 1 fully saturated rings. The van der Waals surface area contributed by atoms with Crippen molar-refractivity contribution in [2.45, 2.75) is 31.8 Å². The van der Waals surface area contributed by atoms with E-state index in [1.54, 1.807) is 27.9 Å². The van der Waals surface area contributed by atoms with Crippen LogP contribution in [0, 0.1) is 0 Å². The first-order chi connectivity index (χ1) is 13.9. The predicted octanol–water partition coefficient (Wildman–Crippen LogP) is 3.64.